The van der Waals surface area contributed by atoms with E-state index in [0.29, 0.717) is 23.7 Å². The van der Waals surface area contributed by atoms with Crippen LogP contribution in [-0.4, -0.2) is 36.5 Å². The Kier molecular flexibility index (Phi) is 5.11. The van der Waals surface area contributed by atoms with E-state index in [9.17, 15) is 0 Å². The van der Waals surface area contributed by atoms with Crippen LogP contribution in [0.25, 0.3) is 10.9 Å². The Morgan fingerprint density at radius 3 is 3.04 bits per heavy atom. The fourth-order valence-electron chi connectivity index (χ4n) is 3.46. The van der Waals surface area contributed by atoms with Crippen molar-refractivity contribution < 1.29 is 4.74 Å². The standard InChI is InChI=1S/C20H22ClN3O/c21-20-16(11-15-3-1-2-4-18(15)24-20)12-23-17-7-5-14(6-8-17)19-13-22-9-10-25-19/h1-5,7,11,14,19,22H,6,8-10,12-13H2. The Bertz CT molecular complexity index is 812. The van der Waals surface area contributed by atoms with E-state index < -0.39 is 0 Å². The highest BCUT2D eigenvalue weighted by Gasteiger charge is 2.24. The number of benzene rings is 1. The normalized spacial score (nSPS) is 25.6. The maximum absolute atomic E-state index is 6.32. The fourth-order valence-corrected chi connectivity index (χ4v) is 3.67. The Morgan fingerprint density at radius 1 is 1.32 bits per heavy atom. The molecule has 1 N–H and O–H groups in total. The van der Waals surface area contributed by atoms with Crippen molar-refractivity contribution in [2.24, 2.45) is 10.9 Å². The lowest BCUT2D eigenvalue weighted by atomic mass is 9.89. The van der Waals surface area contributed by atoms with Crippen molar-refractivity contribution in [3.05, 3.63) is 53.2 Å². The summed E-state index contributed by atoms with van der Waals surface area (Å²) in [7, 11) is 0. The van der Waals surface area contributed by atoms with Crippen molar-refractivity contribution >= 4 is 28.2 Å². The molecule has 2 aromatic rings. The van der Waals surface area contributed by atoms with Crippen LogP contribution < -0.4 is 5.32 Å². The number of halogens is 1. The van der Waals surface area contributed by atoms with Gasteiger partial charge in [-0.1, -0.05) is 35.9 Å². The molecule has 5 heteroatoms. The van der Waals surface area contributed by atoms with Gasteiger partial charge in [-0.25, -0.2) is 4.98 Å². The van der Waals surface area contributed by atoms with E-state index in [1.807, 2.05) is 18.2 Å². The molecule has 1 aromatic heterocycles. The summed E-state index contributed by atoms with van der Waals surface area (Å²) in [6.45, 7) is 3.28. The minimum Gasteiger partial charge on any atom is -0.375 e. The molecule has 4 rings (SSSR count). The Balaban J connectivity index is 1.45. The van der Waals surface area contributed by atoms with E-state index in [1.165, 1.54) is 0 Å². The zero-order valence-electron chi connectivity index (χ0n) is 14.1. The third-order valence-electron chi connectivity index (χ3n) is 4.91. The van der Waals surface area contributed by atoms with Crippen LogP contribution >= 0.6 is 11.6 Å². The first-order chi connectivity index (χ1) is 12.3. The third kappa shape index (κ3) is 3.92. The van der Waals surface area contributed by atoms with Crippen molar-refractivity contribution in [3.8, 4) is 0 Å². The molecule has 2 heterocycles. The van der Waals surface area contributed by atoms with Gasteiger partial charge in [0, 0.05) is 35.7 Å². The van der Waals surface area contributed by atoms with Gasteiger partial charge < -0.3 is 10.1 Å². The van der Waals surface area contributed by atoms with Crippen molar-refractivity contribution in [2.45, 2.75) is 25.5 Å². The molecule has 0 spiro atoms. The van der Waals surface area contributed by atoms with E-state index in [-0.39, 0.29) is 0 Å². The predicted octanol–water partition coefficient (Wildman–Crippen LogP) is 3.78. The van der Waals surface area contributed by atoms with Gasteiger partial charge in [-0.05, 0) is 31.1 Å². The quantitative estimate of drug-likeness (QED) is 0.852. The molecule has 4 nitrogen and oxygen atoms in total. The van der Waals surface area contributed by atoms with Crippen LogP contribution in [0.2, 0.25) is 5.15 Å². The lowest BCUT2D eigenvalue weighted by Crippen LogP contribution is -2.42. The molecule has 1 aliphatic carbocycles. The average Bonchev–Trinajstić information content (AvgIpc) is 2.67. The minimum absolute atomic E-state index is 0.297. The maximum Gasteiger partial charge on any atom is 0.134 e. The number of nitrogens with zero attached hydrogens (tertiary/aromatic N) is 2. The highest BCUT2D eigenvalue weighted by atomic mass is 35.5. The lowest BCUT2D eigenvalue weighted by Gasteiger charge is -2.30. The van der Waals surface area contributed by atoms with Crippen LogP contribution in [0.3, 0.4) is 0 Å². The van der Waals surface area contributed by atoms with Crippen molar-refractivity contribution in [1.82, 2.24) is 10.3 Å². The molecular formula is C20H22ClN3O. The number of allylic oxidation sites excluding steroid dienone is 1. The summed E-state index contributed by atoms with van der Waals surface area (Å²) in [5.41, 5.74) is 3.03. The van der Waals surface area contributed by atoms with Gasteiger partial charge in [-0.2, -0.15) is 0 Å². The van der Waals surface area contributed by atoms with E-state index >= 15 is 0 Å². The van der Waals surface area contributed by atoms with Crippen LogP contribution in [0.4, 0.5) is 0 Å². The first-order valence-corrected chi connectivity index (χ1v) is 9.25. The molecule has 25 heavy (non-hydrogen) atoms. The molecule has 0 amide bonds. The summed E-state index contributed by atoms with van der Waals surface area (Å²) in [5.74, 6) is 0.484. The van der Waals surface area contributed by atoms with Gasteiger partial charge >= 0.3 is 0 Å². The number of morpholine rings is 1. The largest absolute Gasteiger partial charge is 0.375 e. The number of hydrogen-bond donors (Lipinski definition) is 1. The molecular weight excluding hydrogens is 334 g/mol. The van der Waals surface area contributed by atoms with Gasteiger partial charge in [0.05, 0.1) is 24.8 Å². The summed E-state index contributed by atoms with van der Waals surface area (Å²) in [6, 6.07) is 10.1. The van der Waals surface area contributed by atoms with Crippen LogP contribution in [0, 0.1) is 5.92 Å². The number of pyridine rings is 1. The van der Waals surface area contributed by atoms with Crippen molar-refractivity contribution in [2.75, 3.05) is 19.7 Å². The molecule has 0 bridgehead atoms. The molecule has 1 aliphatic heterocycles. The Labute approximate surface area is 153 Å². The number of hydrogen-bond acceptors (Lipinski definition) is 4. The average molecular weight is 356 g/mol. The number of aliphatic imine (C=N–C) groups is 1. The molecule has 0 saturated carbocycles. The van der Waals surface area contributed by atoms with Gasteiger partial charge in [0.1, 0.15) is 5.15 Å². The molecule has 2 aliphatic rings. The highest BCUT2D eigenvalue weighted by Crippen LogP contribution is 2.24. The second kappa shape index (κ2) is 7.65. The Hall–Kier alpha value is -1.75. The van der Waals surface area contributed by atoms with E-state index in [1.54, 1.807) is 0 Å². The van der Waals surface area contributed by atoms with Gasteiger partial charge in [0.15, 0.2) is 0 Å². The van der Waals surface area contributed by atoms with Crippen LogP contribution in [0.5, 0.6) is 0 Å². The monoisotopic (exact) mass is 355 g/mol. The second-order valence-corrected chi connectivity index (χ2v) is 6.97. The van der Waals surface area contributed by atoms with Crippen molar-refractivity contribution in [1.29, 1.82) is 0 Å². The Morgan fingerprint density at radius 2 is 2.24 bits per heavy atom. The first kappa shape index (κ1) is 16.7. The molecule has 2 atom stereocenters. The third-order valence-corrected chi connectivity index (χ3v) is 5.23. The van der Waals surface area contributed by atoms with E-state index in [2.05, 4.69) is 34.6 Å². The zero-order chi connectivity index (χ0) is 17.1. The summed E-state index contributed by atoms with van der Waals surface area (Å²) in [5, 5.41) is 5.04. The highest BCUT2D eigenvalue weighted by molar-refractivity contribution is 6.30. The number of aromatic nitrogens is 1. The molecule has 0 radical (unpaired) electrons. The number of para-hydroxylation sites is 1. The molecule has 130 valence electrons. The van der Waals surface area contributed by atoms with Crippen LogP contribution in [0.1, 0.15) is 18.4 Å². The molecule has 1 fully saturated rings. The van der Waals surface area contributed by atoms with E-state index in [4.69, 9.17) is 21.3 Å². The number of rotatable bonds is 3. The maximum atomic E-state index is 6.32. The summed E-state index contributed by atoms with van der Waals surface area (Å²) >= 11 is 6.32. The zero-order valence-corrected chi connectivity index (χ0v) is 14.9. The SMILES string of the molecule is Clc1nc2ccccc2cc1CN=C1C=CC(C2CNCCO2)CC1. The predicted molar refractivity (Wildman–Crippen MR) is 102 cm³/mol. The summed E-state index contributed by atoms with van der Waals surface area (Å²) in [6.07, 6.45) is 6.77. The topological polar surface area (TPSA) is 46.5 Å². The summed E-state index contributed by atoms with van der Waals surface area (Å²) < 4.78 is 5.86. The van der Waals surface area contributed by atoms with Crippen LogP contribution in [-0.2, 0) is 11.3 Å². The van der Waals surface area contributed by atoms with Crippen molar-refractivity contribution in [3.63, 3.8) is 0 Å². The molecule has 1 aromatic carbocycles. The van der Waals surface area contributed by atoms with E-state index in [0.717, 1.165) is 54.7 Å². The minimum atomic E-state index is 0.297. The molecule has 1 saturated heterocycles. The smallest absolute Gasteiger partial charge is 0.134 e. The molecule has 2 unspecified atom stereocenters. The number of nitrogens with one attached hydrogen (secondary N) is 1. The number of fused-ring (bicyclic) bond motifs is 1. The van der Waals surface area contributed by atoms with Crippen LogP contribution in [0.15, 0.2) is 47.5 Å². The van der Waals surface area contributed by atoms with Gasteiger partial charge in [0.2, 0.25) is 0 Å². The van der Waals surface area contributed by atoms with Gasteiger partial charge in [0.25, 0.3) is 0 Å². The first-order valence-electron chi connectivity index (χ1n) is 8.87. The van der Waals surface area contributed by atoms with Gasteiger partial charge in [-0.3, -0.25) is 4.99 Å². The van der Waals surface area contributed by atoms with Gasteiger partial charge in [-0.15, -0.1) is 0 Å². The second-order valence-electron chi connectivity index (χ2n) is 6.61. The summed E-state index contributed by atoms with van der Waals surface area (Å²) in [4.78, 5) is 9.22. The lowest BCUT2D eigenvalue weighted by molar-refractivity contribution is 0.00135. The fraction of sp³-hybridized carbons (Fsp3) is 0.400. The number of ether oxygens (including phenoxy) is 1.